The monoisotopic (exact) mass is 445 g/mol. The summed E-state index contributed by atoms with van der Waals surface area (Å²) in [7, 11) is 1.74. The summed E-state index contributed by atoms with van der Waals surface area (Å²) < 4.78 is 6.26. The van der Waals surface area contributed by atoms with E-state index in [0.29, 0.717) is 23.6 Å². The Bertz CT molecular complexity index is 770. The first-order chi connectivity index (χ1) is 15.3. The second kappa shape index (κ2) is 13.2. The van der Waals surface area contributed by atoms with Gasteiger partial charge in [-0.05, 0) is 57.1 Å². The van der Waals surface area contributed by atoms with Gasteiger partial charge < -0.3 is 26.2 Å². The van der Waals surface area contributed by atoms with Crippen LogP contribution in [0.4, 0.5) is 0 Å². The maximum absolute atomic E-state index is 6.50. The molecule has 180 valence electrons. The van der Waals surface area contributed by atoms with E-state index in [2.05, 4.69) is 13.8 Å². The van der Waals surface area contributed by atoms with Crippen LogP contribution in [0, 0.1) is 0 Å². The average Bonchev–Trinajstić information content (AvgIpc) is 2.78. The van der Waals surface area contributed by atoms with E-state index in [9.17, 15) is 0 Å². The van der Waals surface area contributed by atoms with E-state index in [-0.39, 0.29) is 6.10 Å². The fourth-order valence-corrected chi connectivity index (χ4v) is 3.97. The zero-order valence-electron chi connectivity index (χ0n) is 20.1. The predicted octanol–water partition coefficient (Wildman–Crippen LogP) is 3.34. The molecule has 0 spiro atoms. The van der Waals surface area contributed by atoms with Crippen molar-refractivity contribution in [2.24, 2.45) is 23.2 Å². The smallest absolute Gasteiger partial charge is 0.141 e. The average molecular weight is 446 g/mol. The van der Waals surface area contributed by atoms with E-state index >= 15 is 0 Å². The first-order valence-corrected chi connectivity index (χ1v) is 12.0. The summed E-state index contributed by atoms with van der Waals surface area (Å²) in [6.07, 6.45) is 12.9. The number of pyridine rings is 1. The second-order valence-electron chi connectivity index (χ2n) is 8.68. The van der Waals surface area contributed by atoms with Crippen LogP contribution in [-0.2, 0) is 6.42 Å². The summed E-state index contributed by atoms with van der Waals surface area (Å²) in [6, 6.07) is 3.87. The molecule has 0 aliphatic heterocycles. The van der Waals surface area contributed by atoms with E-state index in [0.717, 1.165) is 62.1 Å². The zero-order chi connectivity index (χ0) is 23.5. The van der Waals surface area contributed by atoms with Crippen molar-refractivity contribution >= 4 is 5.70 Å². The van der Waals surface area contributed by atoms with Gasteiger partial charge in [0.1, 0.15) is 5.75 Å². The third-order valence-corrected chi connectivity index (χ3v) is 5.86. The summed E-state index contributed by atoms with van der Waals surface area (Å²) >= 11 is 0. The lowest BCUT2D eigenvalue weighted by Crippen LogP contribution is -2.38. The number of aryl methyl sites for hydroxylation is 1. The van der Waals surface area contributed by atoms with Crippen molar-refractivity contribution in [3.63, 3.8) is 0 Å². The highest BCUT2D eigenvalue weighted by atomic mass is 16.5. The van der Waals surface area contributed by atoms with Crippen LogP contribution < -0.4 is 27.9 Å². The van der Waals surface area contributed by atoms with Gasteiger partial charge in [-0.25, -0.2) is 16.7 Å². The first kappa shape index (κ1) is 25.8. The molecular formula is C24H43N7O. The van der Waals surface area contributed by atoms with Crippen molar-refractivity contribution in [1.82, 2.24) is 15.0 Å². The molecule has 0 radical (unpaired) electrons. The Morgan fingerprint density at radius 2 is 1.84 bits per heavy atom. The molecule has 2 rings (SSSR count). The Morgan fingerprint density at radius 1 is 1.12 bits per heavy atom. The minimum absolute atomic E-state index is 0.278. The van der Waals surface area contributed by atoms with Gasteiger partial charge in [0.25, 0.3) is 0 Å². The van der Waals surface area contributed by atoms with Gasteiger partial charge in [0.15, 0.2) is 0 Å². The number of nitrogens with two attached hydrogens (primary N) is 4. The molecule has 8 heteroatoms. The van der Waals surface area contributed by atoms with Gasteiger partial charge in [-0.1, -0.05) is 33.1 Å². The number of allylic oxidation sites excluding steroid dienone is 1. The van der Waals surface area contributed by atoms with Gasteiger partial charge in [0.2, 0.25) is 0 Å². The van der Waals surface area contributed by atoms with Crippen molar-refractivity contribution in [1.29, 1.82) is 0 Å². The Kier molecular flexibility index (Phi) is 10.6. The van der Waals surface area contributed by atoms with E-state index in [1.165, 1.54) is 29.3 Å². The van der Waals surface area contributed by atoms with Crippen LogP contribution in [0.15, 0.2) is 29.7 Å². The third kappa shape index (κ3) is 7.91. The van der Waals surface area contributed by atoms with Crippen LogP contribution >= 0.6 is 0 Å². The summed E-state index contributed by atoms with van der Waals surface area (Å²) in [4.78, 5) is 4.79. The molecular weight excluding hydrogens is 402 g/mol. The molecule has 0 bridgehead atoms. The molecule has 1 heterocycles. The highest BCUT2D eigenvalue weighted by Crippen LogP contribution is 2.27. The van der Waals surface area contributed by atoms with Crippen LogP contribution in [0.1, 0.15) is 83.0 Å². The quantitative estimate of drug-likeness (QED) is 0.219. The number of ether oxygens (including phenoxy) is 1. The molecule has 8 nitrogen and oxygen atoms in total. The molecule has 32 heavy (non-hydrogen) atoms. The van der Waals surface area contributed by atoms with Crippen molar-refractivity contribution < 1.29 is 4.74 Å². The Hall–Kier alpha value is -2.45. The van der Waals surface area contributed by atoms with Gasteiger partial charge in [-0.15, -0.1) is 0 Å². The van der Waals surface area contributed by atoms with Gasteiger partial charge in [0.05, 0.1) is 35.4 Å². The Balaban J connectivity index is 2.18. The van der Waals surface area contributed by atoms with Crippen LogP contribution in [0.5, 0.6) is 5.75 Å². The maximum atomic E-state index is 6.50. The minimum Gasteiger partial charge on any atom is -0.489 e. The predicted molar refractivity (Wildman–Crippen MR) is 131 cm³/mol. The van der Waals surface area contributed by atoms with E-state index in [1.54, 1.807) is 13.2 Å². The molecule has 1 saturated carbocycles. The molecule has 1 aromatic rings. The van der Waals surface area contributed by atoms with E-state index in [1.807, 2.05) is 12.1 Å². The summed E-state index contributed by atoms with van der Waals surface area (Å²) in [5.41, 5.74) is 16.1. The number of unbranched alkanes of at least 4 members (excludes halogenated alkanes) is 2. The Morgan fingerprint density at radius 3 is 2.47 bits per heavy atom. The number of likely N-dealkylation sites (N-methyl/N-ethyl adjacent to an activating group) is 1. The standard InChI is InChI=1S/C24H43N7O/c1-4-6-8-11-18(25)16-31(28)17-22(30(3)27)24(26)21-14-15-23(20(5-2)29-21)32-19-12-9-7-10-13-19/h14-16,19H,4-13,17,25-28H2,1-3H3/b18-16-,24-22-. The molecule has 0 saturated heterocycles. The van der Waals surface area contributed by atoms with Crippen molar-refractivity contribution in [2.75, 3.05) is 13.6 Å². The van der Waals surface area contributed by atoms with Crippen LogP contribution in [0.3, 0.4) is 0 Å². The highest BCUT2D eigenvalue weighted by molar-refractivity contribution is 5.63. The van der Waals surface area contributed by atoms with E-state index in [4.69, 9.17) is 32.9 Å². The van der Waals surface area contributed by atoms with Gasteiger partial charge >= 0.3 is 0 Å². The number of nitrogens with zero attached hydrogens (tertiary/aromatic N) is 3. The summed E-state index contributed by atoms with van der Waals surface area (Å²) in [5.74, 6) is 13.1. The number of aromatic nitrogens is 1. The van der Waals surface area contributed by atoms with E-state index < -0.39 is 0 Å². The molecule has 8 N–H and O–H groups in total. The number of hydrogen-bond donors (Lipinski definition) is 4. The molecule has 0 aromatic carbocycles. The van der Waals surface area contributed by atoms with Gasteiger partial charge in [-0.2, -0.15) is 0 Å². The van der Waals surface area contributed by atoms with Crippen molar-refractivity contribution in [3.05, 3.63) is 41.1 Å². The second-order valence-corrected chi connectivity index (χ2v) is 8.68. The normalized spacial score (nSPS) is 16.0. The molecule has 0 atom stereocenters. The third-order valence-electron chi connectivity index (χ3n) is 5.86. The van der Waals surface area contributed by atoms with Crippen LogP contribution in [-0.4, -0.2) is 34.7 Å². The van der Waals surface area contributed by atoms with Crippen LogP contribution in [0.2, 0.25) is 0 Å². The summed E-state index contributed by atoms with van der Waals surface area (Å²) in [5, 5.41) is 3.00. The van der Waals surface area contributed by atoms with Gasteiger partial charge in [0, 0.05) is 18.9 Å². The molecule has 1 aromatic heterocycles. The fourth-order valence-electron chi connectivity index (χ4n) is 3.97. The van der Waals surface area contributed by atoms with Gasteiger partial charge in [-0.3, -0.25) is 0 Å². The molecule has 0 unspecified atom stereocenters. The first-order valence-electron chi connectivity index (χ1n) is 12.0. The maximum Gasteiger partial charge on any atom is 0.141 e. The largest absolute Gasteiger partial charge is 0.489 e. The lowest BCUT2D eigenvalue weighted by molar-refractivity contribution is 0.153. The molecule has 1 aliphatic carbocycles. The number of hydrogen-bond acceptors (Lipinski definition) is 8. The molecule has 0 amide bonds. The highest BCUT2D eigenvalue weighted by Gasteiger charge is 2.18. The molecule has 1 fully saturated rings. The van der Waals surface area contributed by atoms with Crippen molar-refractivity contribution in [2.45, 2.75) is 84.2 Å². The topological polar surface area (TPSA) is 133 Å². The Labute approximate surface area is 193 Å². The minimum atomic E-state index is 0.278. The lowest BCUT2D eigenvalue weighted by Gasteiger charge is -2.25. The number of rotatable bonds is 12. The van der Waals surface area contributed by atoms with Crippen molar-refractivity contribution in [3.8, 4) is 5.75 Å². The SMILES string of the molecule is CCCCC/C(N)=C/N(N)C/C(=C(/N)c1ccc(OC2CCCCC2)c(CC)n1)N(C)N. The summed E-state index contributed by atoms with van der Waals surface area (Å²) in [6.45, 7) is 4.55. The number of hydrazine groups is 2. The fraction of sp³-hybridized carbons (Fsp3) is 0.625. The zero-order valence-corrected chi connectivity index (χ0v) is 20.1. The lowest BCUT2D eigenvalue weighted by atomic mass is 9.98. The molecule has 1 aliphatic rings. The van der Waals surface area contributed by atoms with Crippen LogP contribution in [0.25, 0.3) is 5.70 Å².